The van der Waals surface area contributed by atoms with Gasteiger partial charge in [0.2, 0.25) is 0 Å². The second kappa shape index (κ2) is 10.1. The molecule has 1 saturated heterocycles. The van der Waals surface area contributed by atoms with Gasteiger partial charge >= 0.3 is 0 Å². The number of benzene rings is 3. The molecule has 0 saturated carbocycles. The van der Waals surface area contributed by atoms with Crippen LogP contribution in [-0.2, 0) is 11.4 Å². The number of halogens is 2. The van der Waals surface area contributed by atoms with Crippen molar-refractivity contribution in [3.8, 4) is 5.75 Å². The highest BCUT2D eigenvalue weighted by Crippen LogP contribution is 2.35. The fourth-order valence-electron chi connectivity index (χ4n) is 3.17. The van der Waals surface area contributed by atoms with Crippen LogP contribution in [0, 0.1) is 5.82 Å². The number of hydrogen-bond donors (Lipinski definition) is 0. The molecule has 0 N–H and O–H groups in total. The Morgan fingerprint density at radius 2 is 1.76 bits per heavy atom. The van der Waals surface area contributed by atoms with E-state index >= 15 is 0 Å². The van der Waals surface area contributed by atoms with Gasteiger partial charge in [-0.2, -0.15) is 0 Å². The molecule has 8 heteroatoms. The maximum Gasteiger partial charge on any atom is 0.293 e. The van der Waals surface area contributed by atoms with E-state index in [1.807, 2.05) is 0 Å². The Morgan fingerprint density at radius 3 is 2.52 bits per heavy atom. The van der Waals surface area contributed by atoms with Gasteiger partial charge < -0.3 is 4.74 Å². The van der Waals surface area contributed by atoms with Crippen molar-refractivity contribution in [2.45, 2.75) is 6.61 Å². The van der Waals surface area contributed by atoms with E-state index in [1.54, 1.807) is 72.8 Å². The number of carbonyl (C=O) groups is 3. The van der Waals surface area contributed by atoms with Crippen molar-refractivity contribution >= 4 is 50.7 Å². The van der Waals surface area contributed by atoms with Gasteiger partial charge in [0.1, 0.15) is 18.2 Å². The molecule has 166 valence electrons. The summed E-state index contributed by atoms with van der Waals surface area (Å²) < 4.78 is 20.5. The standard InChI is InChI=1S/C25H17BrFNO4S/c26-19-10-11-22(32-15-17-8-4-5-9-20(17)27)18(12-19)13-23-24(30)28(25(31)33-23)14-21(29)16-6-2-1-3-7-16/h1-13H,14-15H2/b23-13-. The van der Waals surface area contributed by atoms with Gasteiger partial charge in [0.05, 0.1) is 11.4 Å². The molecule has 5 nitrogen and oxygen atoms in total. The molecule has 33 heavy (non-hydrogen) atoms. The number of imide groups is 1. The van der Waals surface area contributed by atoms with Crippen LogP contribution in [-0.4, -0.2) is 28.4 Å². The van der Waals surface area contributed by atoms with E-state index in [0.717, 1.165) is 21.1 Å². The zero-order valence-electron chi connectivity index (χ0n) is 17.2. The van der Waals surface area contributed by atoms with Crippen molar-refractivity contribution in [1.29, 1.82) is 0 Å². The quantitative estimate of drug-likeness (QED) is 0.276. The lowest BCUT2D eigenvalue weighted by Gasteiger charge is -2.12. The third-order valence-corrected chi connectivity index (χ3v) is 6.27. The summed E-state index contributed by atoms with van der Waals surface area (Å²) in [6.07, 6.45) is 1.54. The van der Waals surface area contributed by atoms with Crippen LogP contribution in [0.1, 0.15) is 21.5 Å². The molecule has 0 radical (unpaired) electrons. The third kappa shape index (κ3) is 5.40. The summed E-state index contributed by atoms with van der Waals surface area (Å²) in [5.74, 6) is -0.821. The summed E-state index contributed by atoms with van der Waals surface area (Å²) in [5.41, 5.74) is 1.36. The van der Waals surface area contributed by atoms with Crippen LogP contribution in [0.25, 0.3) is 6.08 Å². The minimum atomic E-state index is -0.547. The van der Waals surface area contributed by atoms with E-state index in [2.05, 4.69) is 15.9 Å². The fraction of sp³-hybridized carbons (Fsp3) is 0.0800. The predicted molar refractivity (Wildman–Crippen MR) is 128 cm³/mol. The van der Waals surface area contributed by atoms with E-state index in [1.165, 1.54) is 6.07 Å². The minimum Gasteiger partial charge on any atom is -0.488 e. The molecule has 1 fully saturated rings. The number of thioether (sulfide) groups is 1. The Bertz CT molecular complexity index is 1260. The van der Waals surface area contributed by atoms with E-state index in [4.69, 9.17) is 4.74 Å². The minimum absolute atomic E-state index is 0.00218. The highest BCUT2D eigenvalue weighted by Gasteiger charge is 2.36. The van der Waals surface area contributed by atoms with Gasteiger partial charge in [0.25, 0.3) is 11.1 Å². The zero-order chi connectivity index (χ0) is 23.4. The summed E-state index contributed by atoms with van der Waals surface area (Å²) in [4.78, 5) is 38.9. The highest BCUT2D eigenvalue weighted by atomic mass is 79.9. The van der Waals surface area contributed by atoms with Crippen LogP contribution in [0.5, 0.6) is 5.75 Å². The third-order valence-electron chi connectivity index (χ3n) is 4.87. The van der Waals surface area contributed by atoms with Crippen molar-refractivity contribution in [2.24, 2.45) is 0 Å². The van der Waals surface area contributed by atoms with Crippen molar-refractivity contribution < 1.29 is 23.5 Å². The van der Waals surface area contributed by atoms with Crippen LogP contribution in [0.15, 0.2) is 82.2 Å². The summed E-state index contributed by atoms with van der Waals surface area (Å²) in [7, 11) is 0. The molecular formula is C25H17BrFNO4S. The molecule has 4 rings (SSSR count). The second-order valence-corrected chi connectivity index (χ2v) is 9.03. The van der Waals surface area contributed by atoms with Gasteiger partial charge in [-0.3, -0.25) is 19.3 Å². The normalized spacial score (nSPS) is 14.7. The molecule has 1 aliphatic rings. The average Bonchev–Trinajstić information content (AvgIpc) is 3.07. The number of rotatable bonds is 7. The van der Waals surface area contributed by atoms with Gasteiger partial charge in [-0.25, -0.2) is 4.39 Å². The molecule has 1 heterocycles. The Labute approximate surface area is 202 Å². The lowest BCUT2D eigenvalue weighted by atomic mass is 10.1. The highest BCUT2D eigenvalue weighted by molar-refractivity contribution is 9.10. The maximum absolute atomic E-state index is 13.9. The van der Waals surface area contributed by atoms with Gasteiger partial charge in [0, 0.05) is 21.2 Å². The van der Waals surface area contributed by atoms with Crippen LogP contribution in [0.2, 0.25) is 0 Å². The molecule has 0 bridgehead atoms. The van der Waals surface area contributed by atoms with E-state index in [-0.39, 0.29) is 29.7 Å². The Balaban J connectivity index is 1.54. The molecule has 0 spiro atoms. The largest absolute Gasteiger partial charge is 0.488 e. The number of amides is 2. The smallest absolute Gasteiger partial charge is 0.293 e. The molecule has 0 aliphatic carbocycles. The Kier molecular flexibility index (Phi) is 7.05. The van der Waals surface area contributed by atoms with Crippen molar-refractivity contribution in [3.05, 3.63) is 105 Å². The summed E-state index contributed by atoms with van der Waals surface area (Å²) in [6.45, 7) is -0.330. The first-order chi connectivity index (χ1) is 15.9. The fourth-order valence-corrected chi connectivity index (χ4v) is 4.38. The molecule has 0 aromatic heterocycles. The van der Waals surface area contributed by atoms with Crippen LogP contribution in [0.3, 0.4) is 0 Å². The van der Waals surface area contributed by atoms with Gasteiger partial charge in [0.15, 0.2) is 5.78 Å². The first-order valence-corrected chi connectivity index (χ1v) is 11.5. The predicted octanol–water partition coefficient (Wildman–Crippen LogP) is 6.09. The SMILES string of the molecule is O=C(CN1C(=O)S/C(=C\c2cc(Br)ccc2OCc2ccccc2F)C1=O)c1ccccc1. The second-order valence-electron chi connectivity index (χ2n) is 7.12. The van der Waals surface area contributed by atoms with E-state index < -0.39 is 11.1 Å². The van der Waals surface area contributed by atoms with Crippen molar-refractivity contribution in [1.82, 2.24) is 4.90 Å². The number of nitrogens with zero attached hydrogens (tertiary/aromatic N) is 1. The molecule has 2 amide bonds. The Hall–Kier alpha value is -3.23. The molecule has 3 aromatic rings. The average molecular weight is 526 g/mol. The number of Topliss-reactive ketones (excluding diaryl/α,β-unsaturated/α-hetero) is 1. The van der Waals surface area contributed by atoms with Gasteiger partial charge in [-0.15, -0.1) is 0 Å². The Morgan fingerprint density at radius 1 is 1.03 bits per heavy atom. The maximum atomic E-state index is 13.9. The van der Waals surface area contributed by atoms with Crippen LogP contribution in [0.4, 0.5) is 9.18 Å². The number of hydrogen-bond acceptors (Lipinski definition) is 5. The summed E-state index contributed by atoms with van der Waals surface area (Å²) in [6, 6.07) is 20.0. The lowest BCUT2D eigenvalue weighted by Crippen LogP contribution is -2.33. The first kappa shape index (κ1) is 22.9. The molecule has 1 aliphatic heterocycles. The number of ether oxygens (including phenoxy) is 1. The lowest BCUT2D eigenvalue weighted by molar-refractivity contribution is -0.122. The van der Waals surface area contributed by atoms with Crippen LogP contribution >= 0.6 is 27.7 Å². The summed E-state index contributed by atoms with van der Waals surface area (Å²) in [5, 5.41) is -0.514. The monoisotopic (exact) mass is 525 g/mol. The molecule has 3 aromatic carbocycles. The number of ketones is 1. The molecule has 0 unspecified atom stereocenters. The van der Waals surface area contributed by atoms with E-state index in [9.17, 15) is 18.8 Å². The van der Waals surface area contributed by atoms with Crippen molar-refractivity contribution in [2.75, 3.05) is 6.54 Å². The number of carbonyl (C=O) groups excluding carboxylic acids is 3. The summed E-state index contributed by atoms with van der Waals surface area (Å²) >= 11 is 4.15. The topological polar surface area (TPSA) is 63.7 Å². The van der Waals surface area contributed by atoms with Crippen LogP contribution < -0.4 is 4.74 Å². The van der Waals surface area contributed by atoms with Crippen molar-refractivity contribution in [3.63, 3.8) is 0 Å². The van der Waals surface area contributed by atoms with Gasteiger partial charge in [-0.05, 0) is 42.1 Å². The first-order valence-electron chi connectivity index (χ1n) is 9.92. The molecule has 0 atom stereocenters. The zero-order valence-corrected chi connectivity index (χ0v) is 19.6. The van der Waals surface area contributed by atoms with Gasteiger partial charge in [-0.1, -0.05) is 64.5 Å². The van der Waals surface area contributed by atoms with E-state index in [0.29, 0.717) is 22.4 Å². The molecular weight excluding hydrogens is 509 g/mol.